The summed E-state index contributed by atoms with van der Waals surface area (Å²) in [6.45, 7) is 3.98. The molecule has 5 nitrogen and oxygen atoms in total. The molecule has 0 aliphatic heterocycles. The van der Waals surface area contributed by atoms with Gasteiger partial charge in [0.1, 0.15) is 15.3 Å². The fourth-order valence-electron chi connectivity index (χ4n) is 3.10. The third kappa shape index (κ3) is 4.98. The summed E-state index contributed by atoms with van der Waals surface area (Å²) in [5, 5.41) is 12.4. The highest BCUT2D eigenvalue weighted by atomic mass is 32.2. The van der Waals surface area contributed by atoms with Crippen molar-refractivity contribution in [1.29, 1.82) is 0 Å². The maximum atomic E-state index is 12.6. The Morgan fingerprint density at radius 3 is 2.62 bits per heavy atom. The van der Waals surface area contributed by atoms with Crippen LogP contribution in [0.5, 0.6) is 0 Å². The molecule has 1 N–H and O–H groups in total. The second-order valence-corrected chi connectivity index (χ2v) is 9.82. The van der Waals surface area contributed by atoms with E-state index >= 15 is 0 Å². The molecular weight excluding hydrogens is 366 g/mol. The molecular formula is C19H25N3O2S2. The number of rotatable bonds is 6. The van der Waals surface area contributed by atoms with Gasteiger partial charge in [0.2, 0.25) is 5.91 Å². The van der Waals surface area contributed by atoms with E-state index in [0.717, 1.165) is 42.2 Å². The SMILES string of the molecule is CC1CCC(NC(=O)[C@H](C)[S@](=O)Cc2nnc(-c3ccccc3)s2)CC1. The van der Waals surface area contributed by atoms with Crippen LogP contribution in [0.25, 0.3) is 10.6 Å². The van der Waals surface area contributed by atoms with Crippen LogP contribution in [0, 0.1) is 5.92 Å². The Bertz CT molecular complexity index is 755. The van der Waals surface area contributed by atoms with Crippen molar-refractivity contribution in [2.75, 3.05) is 0 Å². The average molecular weight is 392 g/mol. The zero-order valence-electron chi connectivity index (χ0n) is 15.2. The highest BCUT2D eigenvalue weighted by molar-refractivity contribution is 7.85. The van der Waals surface area contributed by atoms with Gasteiger partial charge in [-0.25, -0.2) is 0 Å². The zero-order valence-corrected chi connectivity index (χ0v) is 16.8. The molecule has 26 heavy (non-hydrogen) atoms. The first-order valence-corrected chi connectivity index (χ1v) is 11.3. The molecule has 0 spiro atoms. The quantitative estimate of drug-likeness (QED) is 0.817. The molecule has 1 aromatic carbocycles. The van der Waals surface area contributed by atoms with Gasteiger partial charge in [-0.3, -0.25) is 9.00 Å². The Morgan fingerprint density at radius 1 is 1.23 bits per heavy atom. The maximum Gasteiger partial charge on any atom is 0.235 e. The molecule has 0 unspecified atom stereocenters. The summed E-state index contributed by atoms with van der Waals surface area (Å²) in [5.41, 5.74) is 0.999. The van der Waals surface area contributed by atoms with E-state index in [1.54, 1.807) is 6.92 Å². The van der Waals surface area contributed by atoms with E-state index in [-0.39, 0.29) is 17.7 Å². The number of aromatic nitrogens is 2. The summed E-state index contributed by atoms with van der Waals surface area (Å²) < 4.78 is 12.6. The lowest BCUT2D eigenvalue weighted by atomic mass is 9.87. The standard InChI is InChI=1S/C19H25N3O2S2/c1-13-8-10-16(11-9-13)20-18(23)14(2)26(24)12-17-21-22-19(25-17)15-6-4-3-5-7-15/h3-7,13-14,16H,8-12H2,1-2H3,(H,20,23)/t13?,14-,16?,26+/m0/s1. The normalized spacial score (nSPS) is 22.5. The molecule has 1 aromatic heterocycles. The lowest BCUT2D eigenvalue weighted by Crippen LogP contribution is -2.43. The summed E-state index contributed by atoms with van der Waals surface area (Å²) in [5.74, 6) is 0.891. The second-order valence-electron chi connectivity index (χ2n) is 7.00. The van der Waals surface area contributed by atoms with Gasteiger partial charge in [0.25, 0.3) is 0 Å². The van der Waals surface area contributed by atoms with E-state index in [4.69, 9.17) is 0 Å². The molecule has 0 radical (unpaired) electrons. The van der Waals surface area contributed by atoms with Gasteiger partial charge in [0.05, 0.1) is 5.75 Å². The van der Waals surface area contributed by atoms with Crippen molar-refractivity contribution >= 4 is 28.0 Å². The molecule has 7 heteroatoms. The lowest BCUT2D eigenvalue weighted by Gasteiger charge is -2.27. The molecule has 1 amide bonds. The average Bonchev–Trinajstić information content (AvgIpc) is 3.12. The van der Waals surface area contributed by atoms with Crippen LogP contribution in [0.4, 0.5) is 0 Å². The minimum atomic E-state index is -1.30. The van der Waals surface area contributed by atoms with Crippen LogP contribution in [-0.2, 0) is 21.3 Å². The number of nitrogens with zero attached hydrogens (tertiary/aromatic N) is 2. The third-order valence-electron chi connectivity index (χ3n) is 4.88. The number of carbonyl (C=O) groups excluding carboxylic acids is 1. The molecule has 140 valence electrons. The largest absolute Gasteiger partial charge is 0.352 e. The molecule has 1 aliphatic carbocycles. The minimum Gasteiger partial charge on any atom is -0.352 e. The van der Waals surface area contributed by atoms with Crippen LogP contribution >= 0.6 is 11.3 Å². The van der Waals surface area contributed by atoms with Gasteiger partial charge in [-0.2, -0.15) is 0 Å². The summed E-state index contributed by atoms with van der Waals surface area (Å²) in [6.07, 6.45) is 4.33. The Labute approximate surface area is 161 Å². The van der Waals surface area contributed by atoms with Crippen LogP contribution < -0.4 is 5.32 Å². The summed E-state index contributed by atoms with van der Waals surface area (Å²) in [7, 11) is -1.30. The van der Waals surface area contributed by atoms with Crippen LogP contribution in [0.3, 0.4) is 0 Å². The molecule has 2 atom stereocenters. The second kappa shape index (κ2) is 8.86. The summed E-state index contributed by atoms with van der Waals surface area (Å²) in [4.78, 5) is 12.4. The van der Waals surface area contributed by atoms with Crippen LogP contribution in [0.2, 0.25) is 0 Å². The molecule has 3 rings (SSSR count). The fraction of sp³-hybridized carbons (Fsp3) is 0.526. The van der Waals surface area contributed by atoms with Crippen molar-refractivity contribution in [3.8, 4) is 10.6 Å². The Hall–Kier alpha value is -1.60. The first-order valence-electron chi connectivity index (χ1n) is 9.08. The monoisotopic (exact) mass is 391 g/mol. The summed E-state index contributed by atoms with van der Waals surface area (Å²) in [6, 6.07) is 10.0. The van der Waals surface area contributed by atoms with E-state index in [1.807, 2.05) is 30.3 Å². The Kier molecular flexibility index (Phi) is 6.53. The molecule has 1 fully saturated rings. The van der Waals surface area contributed by atoms with Crippen molar-refractivity contribution in [2.45, 2.75) is 56.6 Å². The lowest BCUT2D eigenvalue weighted by molar-refractivity contribution is -0.121. The number of carbonyl (C=O) groups is 1. The predicted octanol–water partition coefficient (Wildman–Crippen LogP) is 3.54. The van der Waals surface area contributed by atoms with Gasteiger partial charge in [0.15, 0.2) is 0 Å². The van der Waals surface area contributed by atoms with Crippen LogP contribution in [0.15, 0.2) is 30.3 Å². The highest BCUT2D eigenvalue weighted by Gasteiger charge is 2.26. The minimum absolute atomic E-state index is 0.115. The number of amides is 1. The fourth-order valence-corrected chi connectivity index (χ4v) is 5.18. The van der Waals surface area contributed by atoms with E-state index < -0.39 is 16.0 Å². The number of hydrogen-bond donors (Lipinski definition) is 1. The topological polar surface area (TPSA) is 72.0 Å². The maximum absolute atomic E-state index is 12.6. The Morgan fingerprint density at radius 2 is 1.92 bits per heavy atom. The first kappa shape index (κ1) is 19.2. The van der Waals surface area contributed by atoms with Crippen molar-refractivity contribution in [2.24, 2.45) is 5.92 Å². The molecule has 2 aromatic rings. The van der Waals surface area contributed by atoms with Gasteiger partial charge < -0.3 is 5.32 Å². The number of hydrogen-bond acceptors (Lipinski definition) is 5. The predicted molar refractivity (Wildman–Crippen MR) is 106 cm³/mol. The van der Waals surface area contributed by atoms with E-state index in [2.05, 4.69) is 22.4 Å². The number of nitrogens with one attached hydrogen (secondary N) is 1. The molecule has 1 saturated carbocycles. The van der Waals surface area contributed by atoms with Crippen molar-refractivity contribution in [3.63, 3.8) is 0 Å². The smallest absolute Gasteiger partial charge is 0.235 e. The van der Waals surface area contributed by atoms with E-state index in [9.17, 15) is 9.00 Å². The number of benzene rings is 1. The van der Waals surface area contributed by atoms with Gasteiger partial charge in [0, 0.05) is 22.4 Å². The van der Waals surface area contributed by atoms with Crippen LogP contribution in [-0.4, -0.2) is 31.6 Å². The zero-order chi connectivity index (χ0) is 18.5. The molecule has 0 bridgehead atoms. The highest BCUT2D eigenvalue weighted by Crippen LogP contribution is 2.25. The molecule has 0 saturated heterocycles. The van der Waals surface area contributed by atoms with Crippen LogP contribution in [0.1, 0.15) is 44.5 Å². The van der Waals surface area contributed by atoms with E-state index in [0.29, 0.717) is 5.01 Å². The van der Waals surface area contributed by atoms with Crippen molar-refractivity contribution in [1.82, 2.24) is 15.5 Å². The molecule has 1 heterocycles. The van der Waals surface area contributed by atoms with Crippen molar-refractivity contribution < 1.29 is 9.00 Å². The molecule has 1 aliphatic rings. The third-order valence-corrected chi connectivity index (χ3v) is 7.59. The first-order chi connectivity index (χ1) is 12.5. The Balaban J connectivity index is 1.54. The van der Waals surface area contributed by atoms with E-state index in [1.165, 1.54) is 11.3 Å². The van der Waals surface area contributed by atoms with Gasteiger partial charge in [-0.1, -0.05) is 48.6 Å². The van der Waals surface area contributed by atoms with Gasteiger partial charge in [-0.05, 0) is 38.5 Å². The van der Waals surface area contributed by atoms with Gasteiger partial charge in [-0.15, -0.1) is 10.2 Å². The van der Waals surface area contributed by atoms with Crippen molar-refractivity contribution in [3.05, 3.63) is 35.3 Å². The van der Waals surface area contributed by atoms with Gasteiger partial charge >= 0.3 is 0 Å². The summed E-state index contributed by atoms with van der Waals surface area (Å²) >= 11 is 1.43.